The molecular formula is C9H9ClN2. The summed E-state index contributed by atoms with van der Waals surface area (Å²) < 4.78 is 0. The second kappa shape index (κ2) is 3.52. The average molecular weight is 181 g/mol. The standard InChI is InChI=1S/C9H6ClN.H3N/c10-9-6-5-7-3-1-2-4-8(7)11-9;/h1-6H;1H3. The second-order valence-corrected chi connectivity index (χ2v) is 2.71. The smallest absolute Gasteiger partial charge is 0.129 e. The van der Waals surface area contributed by atoms with Crippen LogP contribution in [0.1, 0.15) is 0 Å². The molecule has 3 heteroatoms. The van der Waals surface area contributed by atoms with E-state index >= 15 is 0 Å². The van der Waals surface area contributed by atoms with E-state index in [2.05, 4.69) is 4.98 Å². The predicted molar refractivity (Wildman–Crippen MR) is 51.8 cm³/mol. The summed E-state index contributed by atoms with van der Waals surface area (Å²) >= 11 is 5.71. The van der Waals surface area contributed by atoms with Gasteiger partial charge < -0.3 is 6.15 Å². The molecule has 0 amide bonds. The highest BCUT2D eigenvalue weighted by Crippen LogP contribution is 2.13. The molecule has 62 valence electrons. The van der Waals surface area contributed by atoms with Gasteiger partial charge in [0.1, 0.15) is 5.15 Å². The maximum Gasteiger partial charge on any atom is 0.129 e. The van der Waals surface area contributed by atoms with E-state index in [1.807, 2.05) is 30.3 Å². The number of halogens is 1. The zero-order valence-corrected chi connectivity index (χ0v) is 7.25. The number of hydrogen-bond acceptors (Lipinski definition) is 2. The fourth-order valence-electron chi connectivity index (χ4n) is 1.04. The fourth-order valence-corrected chi connectivity index (χ4v) is 1.20. The van der Waals surface area contributed by atoms with E-state index in [1.165, 1.54) is 0 Å². The lowest BCUT2D eigenvalue weighted by atomic mass is 10.2. The topological polar surface area (TPSA) is 47.9 Å². The summed E-state index contributed by atoms with van der Waals surface area (Å²) in [6.07, 6.45) is 0. The molecule has 1 heterocycles. The van der Waals surface area contributed by atoms with Gasteiger partial charge in [-0.15, -0.1) is 0 Å². The normalized spacial score (nSPS) is 9.42. The van der Waals surface area contributed by atoms with Gasteiger partial charge in [0.25, 0.3) is 0 Å². The highest BCUT2D eigenvalue weighted by atomic mass is 35.5. The zero-order valence-electron chi connectivity index (χ0n) is 6.50. The van der Waals surface area contributed by atoms with Gasteiger partial charge in [-0.2, -0.15) is 0 Å². The van der Waals surface area contributed by atoms with Gasteiger partial charge in [0, 0.05) is 5.39 Å². The van der Waals surface area contributed by atoms with Crippen LogP contribution in [0.3, 0.4) is 0 Å². The summed E-state index contributed by atoms with van der Waals surface area (Å²) in [6, 6.07) is 11.7. The molecular weight excluding hydrogens is 172 g/mol. The van der Waals surface area contributed by atoms with Crippen molar-refractivity contribution in [2.45, 2.75) is 0 Å². The second-order valence-electron chi connectivity index (χ2n) is 2.33. The molecule has 0 fully saturated rings. The van der Waals surface area contributed by atoms with Crippen LogP contribution in [0.2, 0.25) is 5.15 Å². The molecule has 0 spiro atoms. The number of hydrogen-bond donors (Lipinski definition) is 1. The van der Waals surface area contributed by atoms with Crippen LogP contribution in [0.15, 0.2) is 36.4 Å². The first kappa shape index (κ1) is 8.97. The minimum atomic E-state index is 0. The molecule has 1 aromatic carbocycles. The van der Waals surface area contributed by atoms with E-state index < -0.39 is 0 Å². The van der Waals surface area contributed by atoms with E-state index in [0.717, 1.165) is 10.9 Å². The Kier molecular flexibility index (Phi) is 2.63. The first-order valence-corrected chi connectivity index (χ1v) is 3.75. The van der Waals surface area contributed by atoms with Crippen LogP contribution in [0.5, 0.6) is 0 Å². The minimum Gasteiger partial charge on any atom is -0.344 e. The molecule has 0 aliphatic rings. The van der Waals surface area contributed by atoms with Gasteiger partial charge in [-0.05, 0) is 18.2 Å². The molecule has 2 rings (SSSR count). The van der Waals surface area contributed by atoms with Crippen LogP contribution in [0, 0.1) is 0 Å². The quantitative estimate of drug-likeness (QED) is 0.634. The van der Waals surface area contributed by atoms with Crippen molar-refractivity contribution >= 4 is 22.5 Å². The van der Waals surface area contributed by atoms with Gasteiger partial charge in [0.2, 0.25) is 0 Å². The third kappa shape index (κ3) is 1.55. The van der Waals surface area contributed by atoms with Crippen LogP contribution in [-0.4, -0.2) is 4.98 Å². The molecule has 0 aliphatic carbocycles. The Labute approximate surface area is 75.8 Å². The molecule has 0 atom stereocenters. The number of nitrogens with zero attached hydrogens (tertiary/aromatic N) is 1. The molecule has 0 saturated carbocycles. The zero-order chi connectivity index (χ0) is 7.68. The van der Waals surface area contributed by atoms with Crippen molar-refractivity contribution in [3.05, 3.63) is 41.6 Å². The van der Waals surface area contributed by atoms with Gasteiger partial charge in [-0.25, -0.2) is 4.98 Å². The van der Waals surface area contributed by atoms with E-state index in [9.17, 15) is 0 Å². The lowest BCUT2D eigenvalue weighted by Crippen LogP contribution is -1.76. The lowest BCUT2D eigenvalue weighted by Gasteiger charge is -1.94. The third-order valence-electron chi connectivity index (χ3n) is 1.56. The Morgan fingerprint density at radius 1 is 1.00 bits per heavy atom. The Hall–Kier alpha value is -1.12. The van der Waals surface area contributed by atoms with E-state index in [1.54, 1.807) is 6.07 Å². The van der Waals surface area contributed by atoms with Gasteiger partial charge in [-0.3, -0.25) is 0 Å². The minimum absolute atomic E-state index is 0. The first-order valence-electron chi connectivity index (χ1n) is 3.37. The Morgan fingerprint density at radius 3 is 2.58 bits per heavy atom. The molecule has 0 bridgehead atoms. The Morgan fingerprint density at radius 2 is 1.75 bits per heavy atom. The summed E-state index contributed by atoms with van der Waals surface area (Å²) in [7, 11) is 0. The van der Waals surface area contributed by atoms with Crippen LogP contribution in [0.25, 0.3) is 10.9 Å². The number of benzene rings is 1. The largest absolute Gasteiger partial charge is 0.344 e. The van der Waals surface area contributed by atoms with Crippen molar-refractivity contribution in [3.63, 3.8) is 0 Å². The van der Waals surface area contributed by atoms with Gasteiger partial charge in [0.05, 0.1) is 5.52 Å². The first-order chi connectivity index (χ1) is 5.36. The molecule has 0 radical (unpaired) electrons. The number of fused-ring (bicyclic) bond motifs is 1. The number of para-hydroxylation sites is 1. The van der Waals surface area contributed by atoms with Crippen LogP contribution >= 0.6 is 11.6 Å². The monoisotopic (exact) mass is 180 g/mol. The summed E-state index contributed by atoms with van der Waals surface area (Å²) in [5.74, 6) is 0. The van der Waals surface area contributed by atoms with Crippen LogP contribution in [-0.2, 0) is 0 Å². The summed E-state index contributed by atoms with van der Waals surface area (Å²) in [5, 5.41) is 1.67. The van der Waals surface area contributed by atoms with Gasteiger partial charge >= 0.3 is 0 Å². The summed E-state index contributed by atoms with van der Waals surface area (Å²) in [5.41, 5.74) is 0.944. The molecule has 2 aromatic rings. The molecule has 0 saturated heterocycles. The predicted octanol–water partition coefficient (Wildman–Crippen LogP) is 3.05. The highest BCUT2D eigenvalue weighted by molar-refractivity contribution is 6.29. The molecule has 2 nitrogen and oxygen atoms in total. The van der Waals surface area contributed by atoms with Crippen molar-refractivity contribution in [1.29, 1.82) is 0 Å². The average Bonchev–Trinajstić information content (AvgIpc) is 2.04. The van der Waals surface area contributed by atoms with Gasteiger partial charge in [-0.1, -0.05) is 29.8 Å². The van der Waals surface area contributed by atoms with Crippen molar-refractivity contribution in [2.24, 2.45) is 0 Å². The summed E-state index contributed by atoms with van der Waals surface area (Å²) in [4.78, 5) is 4.14. The fraction of sp³-hybridized carbons (Fsp3) is 0. The molecule has 3 N–H and O–H groups in total. The highest BCUT2D eigenvalue weighted by Gasteiger charge is 1.92. The molecule has 0 aliphatic heterocycles. The summed E-state index contributed by atoms with van der Waals surface area (Å²) in [6.45, 7) is 0. The van der Waals surface area contributed by atoms with Crippen molar-refractivity contribution < 1.29 is 0 Å². The van der Waals surface area contributed by atoms with Crippen LogP contribution in [0.4, 0.5) is 0 Å². The van der Waals surface area contributed by atoms with Crippen LogP contribution < -0.4 is 6.15 Å². The van der Waals surface area contributed by atoms with Crippen molar-refractivity contribution in [1.82, 2.24) is 11.1 Å². The number of rotatable bonds is 0. The molecule has 12 heavy (non-hydrogen) atoms. The SMILES string of the molecule is Clc1ccc2ccccc2n1.N. The Balaban J connectivity index is 0.000000720. The van der Waals surface area contributed by atoms with Crippen molar-refractivity contribution in [2.75, 3.05) is 0 Å². The maximum atomic E-state index is 5.71. The Bertz CT molecular complexity index is 387. The third-order valence-corrected chi connectivity index (χ3v) is 1.77. The number of aromatic nitrogens is 1. The molecule has 1 aromatic heterocycles. The lowest BCUT2D eigenvalue weighted by molar-refractivity contribution is 1.41. The van der Waals surface area contributed by atoms with E-state index in [-0.39, 0.29) is 6.15 Å². The van der Waals surface area contributed by atoms with Gasteiger partial charge in [0.15, 0.2) is 0 Å². The van der Waals surface area contributed by atoms with E-state index in [4.69, 9.17) is 11.6 Å². The van der Waals surface area contributed by atoms with E-state index in [0.29, 0.717) is 5.15 Å². The number of pyridine rings is 1. The van der Waals surface area contributed by atoms with Crippen molar-refractivity contribution in [3.8, 4) is 0 Å². The molecule has 0 unspecified atom stereocenters. The maximum absolute atomic E-state index is 5.71.